The summed E-state index contributed by atoms with van der Waals surface area (Å²) < 4.78 is 2.73. The Bertz CT molecular complexity index is 570. The van der Waals surface area contributed by atoms with E-state index in [4.69, 9.17) is 12.2 Å². The second kappa shape index (κ2) is 5.74. The van der Waals surface area contributed by atoms with Crippen molar-refractivity contribution in [3.63, 3.8) is 0 Å². The first kappa shape index (κ1) is 13.9. The smallest absolute Gasteiger partial charge is 0.266 e. The molecule has 0 N–H and O–H groups in total. The molecule has 3 nitrogen and oxygen atoms in total. The fourth-order valence-corrected chi connectivity index (χ4v) is 4.28. The van der Waals surface area contributed by atoms with Crippen molar-refractivity contribution in [1.29, 1.82) is 0 Å². The summed E-state index contributed by atoms with van der Waals surface area (Å²) in [7, 11) is 1.98. The van der Waals surface area contributed by atoms with Crippen LogP contribution in [0.3, 0.4) is 0 Å². The van der Waals surface area contributed by atoms with Crippen LogP contribution >= 0.6 is 24.0 Å². The number of aryl methyl sites for hydroxylation is 1. The van der Waals surface area contributed by atoms with E-state index in [0.29, 0.717) is 6.04 Å². The summed E-state index contributed by atoms with van der Waals surface area (Å²) in [5.74, 6) is 0.0908. The summed E-state index contributed by atoms with van der Waals surface area (Å²) in [4.78, 5) is 15.2. The van der Waals surface area contributed by atoms with Crippen molar-refractivity contribution in [2.75, 3.05) is 0 Å². The Labute approximate surface area is 129 Å². The molecule has 0 bridgehead atoms. The van der Waals surface area contributed by atoms with E-state index in [1.165, 1.54) is 31.0 Å². The standard InChI is InChI=1S/C15H18N2OS2/c1-16-9-5-8-12(16)10-13-14(18)17(15(19)20-13)11-6-3-2-4-7-11/h5,8-11H,2-4,6-7H2,1H3. The molecule has 1 aliphatic carbocycles. The SMILES string of the molecule is Cn1cccc1C=C1SC(=S)N(C2CCCCC2)C1=O. The lowest BCUT2D eigenvalue weighted by atomic mass is 9.94. The van der Waals surface area contributed by atoms with Gasteiger partial charge in [0.15, 0.2) is 0 Å². The minimum Gasteiger partial charge on any atom is -0.351 e. The Hall–Kier alpha value is -1.07. The molecule has 1 aliphatic heterocycles. The number of thiocarbonyl (C=S) groups is 1. The molecular formula is C15H18N2OS2. The second-order valence-corrected chi connectivity index (χ2v) is 7.06. The fourth-order valence-electron chi connectivity index (χ4n) is 2.89. The molecule has 20 heavy (non-hydrogen) atoms. The molecule has 2 heterocycles. The lowest BCUT2D eigenvalue weighted by Crippen LogP contribution is -2.39. The van der Waals surface area contributed by atoms with Crippen molar-refractivity contribution in [2.45, 2.75) is 38.1 Å². The van der Waals surface area contributed by atoms with Gasteiger partial charge in [-0.05, 0) is 31.1 Å². The van der Waals surface area contributed by atoms with E-state index >= 15 is 0 Å². The minimum atomic E-state index is 0.0908. The van der Waals surface area contributed by atoms with Gasteiger partial charge in [0, 0.05) is 25.0 Å². The molecule has 106 valence electrons. The Balaban J connectivity index is 1.83. The van der Waals surface area contributed by atoms with E-state index < -0.39 is 0 Å². The van der Waals surface area contributed by atoms with E-state index in [1.54, 1.807) is 0 Å². The highest BCUT2D eigenvalue weighted by Crippen LogP contribution is 2.37. The third-order valence-corrected chi connectivity index (χ3v) is 5.36. The molecule has 1 aromatic rings. The highest BCUT2D eigenvalue weighted by atomic mass is 32.2. The van der Waals surface area contributed by atoms with Crippen LogP contribution in [0.25, 0.3) is 6.08 Å². The van der Waals surface area contributed by atoms with Crippen molar-refractivity contribution in [3.8, 4) is 0 Å². The number of aromatic nitrogens is 1. The first-order valence-corrected chi connectivity index (χ1v) is 8.27. The number of amides is 1. The molecule has 0 atom stereocenters. The number of thioether (sulfide) groups is 1. The Kier molecular flexibility index (Phi) is 3.98. The van der Waals surface area contributed by atoms with Crippen LogP contribution in [-0.4, -0.2) is 25.7 Å². The van der Waals surface area contributed by atoms with Crippen molar-refractivity contribution < 1.29 is 4.79 Å². The molecule has 0 radical (unpaired) electrons. The Morgan fingerprint density at radius 3 is 2.75 bits per heavy atom. The van der Waals surface area contributed by atoms with Crippen molar-refractivity contribution in [3.05, 3.63) is 28.9 Å². The number of rotatable bonds is 2. The maximum absolute atomic E-state index is 12.6. The van der Waals surface area contributed by atoms with E-state index in [1.807, 2.05) is 40.9 Å². The first-order valence-electron chi connectivity index (χ1n) is 7.05. The summed E-state index contributed by atoms with van der Waals surface area (Å²) >= 11 is 6.86. The largest absolute Gasteiger partial charge is 0.351 e. The van der Waals surface area contributed by atoms with Crippen LogP contribution in [0.1, 0.15) is 37.8 Å². The predicted octanol–water partition coefficient (Wildman–Crippen LogP) is 3.56. The lowest BCUT2D eigenvalue weighted by Gasteiger charge is -2.29. The molecule has 2 aliphatic rings. The molecule has 1 saturated heterocycles. The van der Waals surface area contributed by atoms with Gasteiger partial charge in [-0.15, -0.1) is 0 Å². The zero-order valence-electron chi connectivity index (χ0n) is 11.5. The molecule has 1 saturated carbocycles. The van der Waals surface area contributed by atoms with Crippen molar-refractivity contribution in [2.24, 2.45) is 7.05 Å². The molecule has 0 spiro atoms. The van der Waals surface area contributed by atoms with Gasteiger partial charge in [-0.1, -0.05) is 43.2 Å². The van der Waals surface area contributed by atoms with E-state index in [0.717, 1.165) is 27.8 Å². The Morgan fingerprint density at radius 1 is 1.35 bits per heavy atom. The van der Waals surface area contributed by atoms with E-state index in [9.17, 15) is 4.79 Å². The van der Waals surface area contributed by atoms with Gasteiger partial charge >= 0.3 is 0 Å². The van der Waals surface area contributed by atoms with Crippen LogP contribution in [0.4, 0.5) is 0 Å². The van der Waals surface area contributed by atoms with Gasteiger partial charge in [0.25, 0.3) is 5.91 Å². The van der Waals surface area contributed by atoms with Crippen LogP contribution in [0, 0.1) is 0 Å². The van der Waals surface area contributed by atoms with Crippen LogP contribution in [0.2, 0.25) is 0 Å². The van der Waals surface area contributed by atoms with E-state index in [-0.39, 0.29) is 5.91 Å². The first-order chi connectivity index (χ1) is 9.66. The molecule has 2 fully saturated rings. The monoisotopic (exact) mass is 306 g/mol. The third kappa shape index (κ3) is 2.56. The summed E-state index contributed by atoms with van der Waals surface area (Å²) in [6.07, 6.45) is 9.80. The van der Waals surface area contributed by atoms with Gasteiger partial charge in [-0.3, -0.25) is 9.69 Å². The molecule has 1 amide bonds. The molecule has 5 heteroatoms. The molecule has 0 unspecified atom stereocenters. The summed E-state index contributed by atoms with van der Waals surface area (Å²) in [6.45, 7) is 0. The average molecular weight is 306 g/mol. The van der Waals surface area contributed by atoms with Crippen LogP contribution in [0.15, 0.2) is 23.2 Å². The van der Waals surface area contributed by atoms with Gasteiger partial charge in [-0.25, -0.2) is 0 Å². The summed E-state index contributed by atoms with van der Waals surface area (Å²) in [6, 6.07) is 4.30. The second-order valence-electron chi connectivity index (χ2n) is 5.39. The zero-order valence-corrected chi connectivity index (χ0v) is 13.2. The number of carbonyl (C=O) groups is 1. The number of hydrogen-bond donors (Lipinski definition) is 0. The Morgan fingerprint density at radius 2 is 2.10 bits per heavy atom. The van der Waals surface area contributed by atoms with Crippen molar-refractivity contribution in [1.82, 2.24) is 9.47 Å². The minimum absolute atomic E-state index is 0.0908. The van der Waals surface area contributed by atoms with Crippen LogP contribution in [0.5, 0.6) is 0 Å². The van der Waals surface area contributed by atoms with Crippen LogP contribution in [-0.2, 0) is 11.8 Å². The highest BCUT2D eigenvalue weighted by molar-refractivity contribution is 8.26. The van der Waals surface area contributed by atoms with Gasteiger partial charge < -0.3 is 4.57 Å². The summed E-state index contributed by atoms with van der Waals surface area (Å²) in [5.41, 5.74) is 1.04. The van der Waals surface area contributed by atoms with Gasteiger partial charge in [0.2, 0.25) is 0 Å². The number of hydrogen-bond acceptors (Lipinski definition) is 3. The summed E-state index contributed by atoms with van der Waals surface area (Å²) in [5, 5.41) is 0. The van der Waals surface area contributed by atoms with Gasteiger partial charge in [0.05, 0.1) is 4.91 Å². The van der Waals surface area contributed by atoms with Crippen molar-refractivity contribution >= 4 is 40.3 Å². The maximum Gasteiger partial charge on any atom is 0.266 e. The third-order valence-electron chi connectivity index (χ3n) is 4.03. The van der Waals surface area contributed by atoms with E-state index in [2.05, 4.69) is 0 Å². The quantitative estimate of drug-likeness (QED) is 0.617. The number of carbonyl (C=O) groups excluding carboxylic acids is 1. The normalized spacial score (nSPS) is 23.1. The average Bonchev–Trinajstić information content (AvgIpc) is 2.96. The fraction of sp³-hybridized carbons (Fsp3) is 0.467. The topological polar surface area (TPSA) is 25.2 Å². The van der Waals surface area contributed by atoms with Crippen LogP contribution < -0.4 is 0 Å². The van der Waals surface area contributed by atoms with Gasteiger partial charge in [-0.2, -0.15) is 0 Å². The zero-order chi connectivity index (χ0) is 14.1. The molecule has 3 rings (SSSR count). The predicted molar refractivity (Wildman–Crippen MR) is 87.3 cm³/mol. The van der Waals surface area contributed by atoms with Gasteiger partial charge in [0.1, 0.15) is 4.32 Å². The molecular weight excluding hydrogens is 288 g/mol. The maximum atomic E-state index is 12.6. The highest BCUT2D eigenvalue weighted by Gasteiger charge is 2.37. The number of nitrogens with zero attached hydrogens (tertiary/aromatic N) is 2. The molecule has 1 aromatic heterocycles. The molecule has 0 aromatic carbocycles. The lowest BCUT2D eigenvalue weighted by molar-refractivity contribution is -0.124.